The van der Waals surface area contributed by atoms with Crippen molar-refractivity contribution in [1.29, 1.82) is 0 Å². The summed E-state index contributed by atoms with van der Waals surface area (Å²) < 4.78 is 15.7. The third-order valence-electron chi connectivity index (χ3n) is 10.8. The number of hydrogen-bond donors (Lipinski definition) is 11. The van der Waals surface area contributed by atoms with Crippen molar-refractivity contribution in [3.63, 3.8) is 0 Å². The number of hydrogen-bond acceptors (Lipinski definition) is 23. The van der Waals surface area contributed by atoms with Crippen molar-refractivity contribution >= 4 is 47.5 Å². The number of carbonyl (C=O) groups excluding carboxylic acids is 7. The molecule has 1 aliphatic rings. The molecule has 9 atom stereocenters. The van der Waals surface area contributed by atoms with Crippen molar-refractivity contribution in [3.8, 4) is 0 Å². The standard InChI is InChI=1S/C41H70N7O21.Fe/c1-42-26(23-50)36(58)40(62)37(59)27(24-51)68-41-35(45-63)39(61)38(60)28(69-41)25-67-34(57)16-15-33(56)48(66)20-8-3-6-18-44-29(52)11-13-31(54)46(64)19-7-2-5-17-43-30(53)12-14-32(55)47(65)21-9-4-10-22-49;/h24,26-28,36-42,49-50,58-63H,2-23,25H2,1H3,(H,43,53)(H,44,52);/q-3;+3/b45-35+;/t26?,27-,28+,36+,37+,38+,39+,40+,41-;/m1./s1. The third-order valence-corrected chi connectivity index (χ3v) is 10.8. The van der Waals surface area contributed by atoms with E-state index in [1.54, 1.807) is 0 Å². The fourth-order valence-electron chi connectivity index (χ4n) is 6.45. The maximum atomic E-state index is 12.4. The number of ether oxygens (including phenoxy) is 3. The predicted octanol–water partition coefficient (Wildman–Crippen LogP) is -3.89. The topological polar surface area (TPSA) is 436 Å². The number of nitrogens with one attached hydrogen (secondary N) is 3. The van der Waals surface area contributed by atoms with Crippen LogP contribution in [0.4, 0.5) is 0 Å². The summed E-state index contributed by atoms with van der Waals surface area (Å²) in [5.41, 5.74) is -0.779. The summed E-state index contributed by atoms with van der Waals surface area (Å²) in [7, 11) is 1.34. The molecule has 403 valence electrons. The molecule has 0 saturated carbocycles. The van der Waals surface area contributed by atoms with Crippen LogP contribution in [-0.4, -0.2) is 218 Å². The number of aliphatic hydroxyl groups excluding tert-OH is 7. The van der Waals surface area contributed by atoms with E-state index in [0.717, 1.165) is 0 Å². The number of amides is 5. The van der Waals surface area contributed by atoms with Gasteiger partial charge in [0.1, 0.15) is 55.0 Å². The fraction of sp³-hybridized carbons (Fsp3) is 0.805. The molecular formula is C41H70FeN7O21. The van der Waals surface area contributed by atoms with Crippen molar-refractivity contribution in [1.82, 2.24) is 31.1 Å². The molecule has 0 bridgehead atoms. The second-order valence-electron chi connectivity index (χ2n) is 16.0. The van der Waals surface area contributed by atoms with E-state index in [1.807, 2.05) is 0 Å². The first-order chi connectivity index (χ1) is 32.9. The molecule has 1 saturated heterocycles. The van der Waals surface area contributed by atoms with E-state index in [9.17, 15) is 85.0 Å². The maximum Gasteiger partial charge on any atom is 3.00 e. The number of carbonyl (C=O) groups is 7. The van der Waals surface area contributed by atoms with E-state index in [-0.39, 0.29) is 105 Å². The van der Waals surface area contributed by atoms with Crippen molar-refractivity contribution in [2.75, 3.05) is 59.6 Å². The summed E-state index contributed by atoms with van der Waals surface area (Å²) in [4.78, 5) is 84.5. The Morgan fingerprint density at radius 1 is 0.714 bits per heavy atom. The molecule has 0 spiro atoms. The fourth-order valence-corrected chi connectivity index (χ4v) is 6.45. The number of likely N-dealkylation sites (N-methyl/N-ethyl adjacent to an activating group) is 1. The van der Waals surface area contributed by atoms with Crippen LogP contribution in [0.2, 0.25) is 0 Å². The summed E-state index contributed by atoms with van der Waals surface area (Å²) in [6, 6.07) is -1.13. The Bertz CT molecular complexity index is 1590. The molecule has 0 aliphatic carbocycles. The minimum Gasteiger partial charge on any atom is -0.756 e. The van der Waals surface area contributed by atoms with Crippen LogP contribution in [0.3, 0.4) is 0 Å². The number of hydroxylamine groups is 6. The number of oxime groups is 1. The molecule has 70 heavy (non-hydrogen) atoms. The first-order valence-electron chi connectivity index (χ1n) is 22.8. The van der Waals surface area contributed by atoms with Gasteiger partial charge >= 0.3 is 23.0 Å². The van der Waals surface area contributed by atoms with Crippen LogP contribution in [0.1, 0.15) is 96.3 Å². The van der Waals surface area contributed by atoms with Gasteiger partial charge in [0, 0.05) is 71.4 Å². The zero-order valence-electron chi connectivity index (χ0n) is 39.1. The van der Waals surface area contributed by atoms with Crippen LogP contribution in [0.25, 0.3) is 0 Å². The van der Waals surface area contributed by atoms with Crippen LogP contribution in [0, 0.1) is 15.6 Å². The molecule has 1 aliphatic heterocycles. The van der Waals surface area contributed by atoms with E-state index < -0.39 is 122 Å². The molecule has 11 N–H and O–H groups in total. The average Bonchev–Trinajstić information content (AvgIpc) is 3.34. The van der Waals surface area contributed by atoms with Gasteiger partial charge in [-0.3, -0.25) is 28.8 Å². The van der Waals surface area contributed by atoms with Gasteiger partial charge in [0.25, 0.3) is 0 Å². The summed E-state index contributed by atoms with van der Waals surface area (Å²) in [5, 5.41) is 127. The van der Waals surface area contributed by atoms with Gasteiger partial charge in [-0.2, -0.15) is 0 Å². The van der Waals surface area contributed by atoms with Gasteiger partial charge in [-0.05, 0) is 64.8 Å². The van der Waals surface area contributed by atoms with E-state index in [4.69, 9.17) is 19.3 Å². The van der Waals surface area contributed by atoms with Gasteiger partial charge in [0.2, 0.25) is 35.8 Å². The Labute approximate surface area is 415 Å². The normalized spacial score (nSPS) is 19.4. The molecule has 0 aromatic carbocycles. The summed E-state index contributed by atoms with van der Waals surface area (Å²) in [6.07, 6.45) is -13.6. The van der Waals surface area contributed by atoms with Gasteiger partial charge < -0.3 is 107 Å². The van der Waals surface area contributed by atoms with E-state index in [2.05, 4.69) is 21.1 Å². The van der Waals surface area contributed by atoms with E-state index in [0.29, 0.717) is 56.4 Å². The van der Waals surface area contributed by atoms with E-state index in [1.165, 1.54) is 7.05 Å². The number of unbranched alkanes of at least 4 members (excludes halogenated alkanes) is 6. The Hall–Kier alpha value is -4.04. The minimum absolute atomic E-state index is 0. The first-order valence-corrected chi connectivity index (χ1v) is 22.8. The molecule has 28 nitrogen and oxygen atoms in total. The average molecular weight is 1050 g/mol. The number of esters is 1. The van der Waals surface area contributed by atoms with Crippen LogP contribution in [0.15, 0.2) is 5.16 Å². The molecule has 0 aromatic rings. The van der Waals surface area contributed by atoms with Crippen LogP contribution < -0.4 is 16.0 Å². The molecular weight excluding hydrogens is 982 g/mol. The molecule has 1 rings (SSSR count). The maximum absolute atomic E-state index is 12.4. The van der Waals surface area contributed by atoms with Gasteiger partial charge in [-0.15, -0.1) is 0 Å². The van der Waals surface area contributed by atoms with Gasteiger partial charge in [0.15, 0.2) is 6.29 Å². The monoisotopic (exact) mass is 1050 g/mol. The molecule has 1 heterocycles. The van der Waals surface area contributed by atoms with E-state index >= 15 is 0 Å². The molecule has 1 fully saturated rings. The third kappa shape index (κ3) is 25.4. The largest absolute Gasteiger partial charge is 3.00 e. The SMILES string of the molecule is CNC(CO)[C@H](O)[C@H](O)[C@@H](O)[C@@H](C=O)O[C@@H]1O[C@@H](COC(=O)CCC(=O)N([O-])CCCCCNC(=O)CCC(=O)N([O-])CCCCCNC(=O)CCC(=O)N([O-])CCCCCO)[C@H](O)[C@@H](O)/C1=N\O.[Fe+3]. The van der Waals surface area contributed by atoms with Gasteiger partial charge in [0.05, 0.1) is 19.1 Å². The molecule has 0 aromatic heterocycles. The predicted molar refractivity (Wildman–Crippen MR) is 237 cm³/mol. The Morgan fingerprint density at radius 2 is 1.19 bits per heavy atom. The summed E-state index contributed by atoms with van der Waals surface area (Å²) in [6.45, 7) is -1.32. The van der Waals surface area contributed by atoms with Crippen molar-refractivity contribution in [2.45, 2.75) is 151 Å². The van der Waals surface area contributed by atoms with Crippen molar-refractivity contribution in [2.24, 2.45) is 5.16 Å². The Morgan fingerprint density at radius 3 is 1.61 bits per heavy atom. The van der Waals surface area contributed by atoms with Crippen LogP contribution >= 0.6 is 0 Å². The Balaban J connectivity index is 0.0000476. The Kier molecular flexibility index (Phi) is 35.5. The molecule has 5 amide bonds. The zero-order valence-corrected chi connectivity index (χ0v) is 40.2. The smallest absolute Gasteiger partial charge is 0.756 e. The molecule has 1 radical (unpaired) electrons. The van der Waals surface area contributed by atoms with Gasteiger partial charge in [-0.25, -0.2) is 0 Å². The minimum atomic E-state index is -2.16. The van der Waals surface area contributed by atoms with Crippen LogP contribution in [-0.2, 0) is 64.8 Å². The van der Waals surface area contributed by atoms with Crippen molar-refractivity contribution in [3.05, 3.63) is 15.6 Å². The van der Waals surface area contributed by atoms with Crippen molar-refractivity contribution < 1.29 is 106 Å². The first kappa shape index (κ1) is 66.0. The second-order valence-corrected chi connectivity index (χ2v) is 16.0. The number of rotatable bonds is 37. The zero-order chi connectivity index (χ0) is 51.9. The summed E-state index contributed by atoms with van der Waals surface area (Å²) in [5.74, 6) is -4.32. The number of aldehydes is 1. The second kappa shape index (κ2) is 37.7. The van der Waals surface area contributed by atoms with Gasteiger partial charge in [-0.1, -0.05) is 5.16 Å². The number of nitrogens with zero attached hydrogens (tertiary/aromatic N) is 4. The molecule has 29 heteroatoms. The summed E-state index contributed by atoms with van der Waals surface area (Å²) >= 11 is 0. The molecule has 1 unspecified atom stereocenters. The number of aliphatic hydroxyl groups is 7. The van der Waals surface area contributed by atoms with Crippen LogP contribution in [0.5, 0.6) is 0 Å². The quantitative estimate of drug-likeness (QED) is 0.00708.